The van der Waals surface area contributed by atoms with E-state index in [1.807, 2.05) is 42.5 Å². The van der Waals surface area contributed by atoms with Crippen LogP contribution in [0.25, 0.3) is 0 Å². The molecule has 0 atom stereocenters. The highest BCUT2D eigenvalue weighted by molar-refractivity contribution is 5.71. The van der Waals surface area contributed by atoms with Crippen molar-refractivity contribution in [1.82, 2.24) is 0 Å². The Labute approximate surface area is 106 Å². The van der Waals surface area contributed by atoms with Gasteiger partial charge in [0.25, 0.3) is 0 Å². The lowest BCUT2D eigenvalue weighted by atomic mass is 10.1. The van der Waals surface area contributed by atoms with Crippen molar-refractivity contribution in [3.05, 3.63) is 65.7 Å². The molecule has 0 aromatic heterocycles. The number of rotatable bonds is 5. The molecule has 2 aromatic carbocycles. The molecule has 0 aliphatic rings. The molecule has 0 saturated heterocycles. The molecule has 0 aliphatic carbocycles. The summed E-state index contributed by atoms with van der Waals surface area (Å²) in [5.74, 6) is -0.227. The molecule has 0 saturated carbocycles. The quantitative estimate of drug-likeness (QED) is 0.876. The van der Waals surface area contributed by atoms with Gasteiger partial charge in [-0.1, -0.05) is 48.5 Å². The van der Waals surface area contributed by atoms with Crippen molar-refractivity contribution in [3.8, 4) is 5.75 Å². The standard InChI is InChI=1S/C15H14O3/c16-15(17)10-13-8-4-5-9-14(13)18-11-12-6-2-1-3-7-12/h1-9H,10-11H2,(H,16,17). The summed E-state index contributed by atoms with van der Waals surface area (Å²) in [4.78, 5) is 10.7. The summed E-state index contributed by atoms with van der Waals surface area (Å²) in [6, 6.07) is 17.0. The van der Waals surface area contributed by atoms with Gasteiger partial charge in [0.15, 0.2) is 0 Å². The van der Waals surface area contributed by atoms with Crippen LogP contribution in [0.2, 0.25) is 0 Å². The largest absolute Gasteiger partial charge is 0.489 e. The molecule has 0 radical (unpaired) electrons. The van der Waals surface area contributed by atoms with Crippen molar-refractivity contribution in [2.45, 2.75) is 13.0 Å². The highest BCUT2D eigenvalue weighted by atomic mass is 16.5. The van der Waals surface area contributed by atoms with Gasteiger partial charge in [0.1, 0.15) is 12.4 Å². The third-order valence-electron chi connectivity index (χ3n) is 2.55. The van der Waals surface area contributed by atoms with E-state index in [4.69, 9.17) is 9.84 Å². The fourth-order valence-corrected chi connectivity index (χ4v) is 1.69. The van der Waals surface area contributed by atoms with Gasteiger partial charge in [-0.15, -0.1) is 0 Å². The molecule has 0 bridgehead atoms. The van der Waals surface area contributed by atoms with Gasteiger partial charge in [0, 0.05) is 5.56 Å². The number of benzene rings is 2. The predicted molar refractivity (Wildman–Crippen MR) is 68.6 cm³/mol. The predicted octanol–water partition coefficient (Wildman–Crippen LogP) is 2.89. The smallest absolute Gasteiger partial charge is 0.307 e. The topological polar surface area (TPSA) is 46.5 Å². The van der Waals surface area contributed by atoms with Crippen molar-refractivity contribution < 1.29 is 14.6 Å². The zero-order valence-electron chi connectivity index (χ0n) is 9.87. The van der Waals surface area contributed by atoms with Crippen LogP contribution >= 0.6 is 0 Å². The van der Waals surface area contributed by atoms with E-state index in [0.29, 0.717) is 17.9 Å². The molecule has 3 heteroatoms. The molecular weight excluding hydrogens is 228 g/mol. The first-order chi connectivity index (χ1) is 8.75. The van der Waals surface area contributed by atoms with E-state index in [-0.39, 0.29) is 6.42 Å². The van der Waals surface area contributed by atoms with Gasteiger partial charge >= 0.3 is 5.97 Å². The third kappa shape index (κ3) is 3.35. The van der Waals surface area contributed by atoms with Crippen LogP contribution < -0.4 is 4.74 Å². The molecular formula is C15H14O3. The number of hydrogen-bond donors (Lipinski definition) is 1. The summed E-state index contributed by atoms with van der Waals surface area (Å²) in [5.41, 5.74) is 1.75. The van der Waals surface area contributed by atoms with Gasteiger partial charge in [-0.2, -0.15) is 0 Å². The first kappa shape index (κ1) is 12.2. The Kier molecular flexibility index (Phi) is 3.97. The zero-order valence-corrected chi connectivity index (χ0v) is 9.87. The second kappa shape index (κ2) is 5.87. The maximum Gasteiger partial charge on any atom is 0.307 e. The minimum absolute atomic E-state index is 0.0229. The molecule has 0 heterocycles. The molecule has 92 valence electrons. The molecule has 0 unspecified atom stereocenters. The summed E-state index contributed by atoms with van der Waals surface area (Å²) in [6.07, 6.45) is -0.0229. The first-order valence-corrected chi connectivity index (χ1v) is 5.72. The van der Waals surface area contributed by atoms with Gasteiger partial charge in [0.2, 0.25) is 0 Å². The van der Waals surface area contributed by atoms with Gasteiger partial charge < -0.3 is 9.84 Å². The normalized spacial score (nSPS) is 10.0. The Morgan fingerprint density at radius 2 is 1.67 bits per heavy atom. The van der Waals surface area contributed by atoms with Crippen molar-refractivity contribution in [1.29, 1.82) is 0 Å². The summed E-state index contributed by atoms with van der Waals surface area (Å²) in [7, 11) is 0. The summed E-state index contributed by atoms with van der Waals surface area (Å²) in [5, 5.41) is 8.82. The van der Waals surface area contributed by atoms with Crippen LogP contribution in [0.1, 0.15) is 11.1 Å². The Morgan fingerprint density at radius 3 is 2.39 bits per heavy atom. The Hall–Kier alpha value is -2.29. The maximum absolute atomic E-state index is 10.7. The number of carbonyl (C=O) groups is 1. The van der Waals surface area contributed by atoms with Crippen molar-refractivity contribution in [2.24, 2.45) is 0 Å². The van der Waals surface area contributed by atoms with Crippen LogP contribution in [0, 0.1) is 0 Å². The third-order valence-corrected chi connectivity index (χ3v) is 2.55. The van der Waals surface area contributed by atoms with Crippen LogP contribution in [-0.4, -0.2) is 11.1 Å². The van der Waals surface area contributed by atoms with E-state index in [1.165, 1.54) is 0 Å². The number of carboxylic acid groups (broad SMARTS) is 1. The number of aliphatic carboxylic acids is 1. The molecule has 0 aliphatic heterocycles. The van der Waals surface area contributed by atoms with Gasteiger partial charge in [-0.05, 0) is 11.6 Å². The minimum atomic E-state index is -0.856. The van der Waals surface area contributed by atoms with Crippen LogP contribution in [0.4, 0.5) is 0 Å². The molecule has 0 amide bonds. The molecule has 3 nitrogen and oxygen atoms in total. The lowest BCUT2D eigenvalue weighted by molar-refractivity contribution is -0.136. The van der Waals surface area contributed by atoms with Crippen LogP contribution in [0.5, 0.6) is 5.75 Å². The molecule has 2 rings (SSSR count). The van der Waals surface area contributed by atoms with E-state index >= 15 is 0 Å². The summed E-state index contributed by atoms with van der Waals surface area (Å²) in [6.45, 7) is 0.442. The average molecular weight is 242 g/mol. The van der Waals surface area contributed by atoms with Gasteiger partial charge in [-0.25, -0.2) is 0 Å². The Balaban J connectivity index is 2.07. The monoisotopic (exact) mass is 242 g/mol. The first-order valence-electron chi connectivity index (χ1n) is 5.72. The van der Waals surface area contributed by atoms with Crippen LogP contribution in [0.15, 0.2) is 54.6 Å². The van der Waals surface area contributed by atoms with Gasteiger partial charge in [0.05, 0.1) is 6.42 Å². The zero-order chi connectivity index (χ0) is 12.8. The van der Waals surface area contributed by atoms with Crippen molar-refractivity contribution in [2.75, 3.05) is 0 Å². The lowest BCUT2D eigenvalue weighted by Crippen LogP contribution is -2.04. The van der Waals surface area contributed by atoms with E-state index in [1.54, 1.807) is 12.1 Å². The molecule has 2 aromatic rings. The fourth-order valence-electron chi connectivity index (χ4n) is 1.69. The number of hydrogen-bond acceptors (Lipinski definition) is 2. The van der Waals surface area contributed by atoms with E-state index in [9.17, 15) is 4.79 Å². The molecule has 18 heavy (non-hydrogen) atoms. The minimum Gasteiger partial charge on any atom is -0.489 e. The highest BCUT2D eigenvalue weighted by Crippen LogP contribution is 2.19. The van der Waals surface area contributed by atoms with Crippen molar-refractivity contribution >= 4 is 5.97 Å². The van der Waals surface area contributed by atoms with Crippen LogP contribution in [-0.2, 0) is 17.8 Å². The SMILES string of the molecule is O=C(O)Cc1ccccc1OCc1ccccc1. The fraction of sp³-hybridized carbons (Fsp3) is 0.133. The highest BCUT2D eigenvalue weighted by Gasteiger charge is 2.07. The summed E-state index contributed by atoms with van der Waals surface area (Å²) < 4.78 is 5.66. The van der Waals surface area contributed by atoms with Crippen molar-refractivity contribution in [3.63, 3.8) is 0 Å². The molecule has 1 N–H and O–H groups in total. The molecule has 0 fully saturated rings. The van der Waals surface area contributed by atoms with Crippen LogP contribution in [0.3, 0.4) is 0 Å². The van der Waals surface area contributed by atoms with E-state index in [0.717, 1.165) is 5.56 Å². The second-order valence-electron chi connectivity index (χ2n) is 3.95. The number of carboxylic acids is 1. The second-order valence-corrected chi connectivity index (χ2v) is 3.95. The Morgan fingerprint density at radius 1 is 1.00 bits per heavy atom. The van der Waals surface area contributed by atoms with E-state index in [2.05, 4.69) is 0 Å². The number of ether oxygens (including phenoxy) is 1. The molecule has 0 spiro atoms. The lowest BCUT2D eigenvalue weighted by Gasteiger charge is -2.10. The van der Waals surface area contributed by atoms with E-state index < -0.39 is 5.97 Å². The summed E-state index contributed by atoms with van der Waals surface area (Å²) >= 11 is 0. The average Bonchev–Trinajstić information content (AvgIpc) is 2.38. The van der Waals surface area contributed by atoms with Gasteiger partial charge in [-0.3, -0.25) is 4.79 Å². The number of para-hydroxylation sites is 1. The Bertz CT molecular complexity index is 520. The maximum atomic E-state index is 10.7.